The minimum Gasteiger partial charge on any atom is -0.387 e. The van der Waals surface area contributed by atoms with Crippen LogP contribution in [0.4, 0.5) is 5.82 Å². The number of imidazole rings is 1. The Morgan fingerprint density at radius 3 is 2.91 bits per heavy atom. The van der Waals surface area contributed by atoms with E-state index in [1.807, 2.05) is 0 Å². The fourth-order valence-electron chi connectivity index (χ4n) is 3.73. The average Bonchev–Trinajstić information content (AvgIpc) is 3.08. The second-order valence-corrected chi connectivity index (χ2v) is 7.61. The van der Waals surface area contributed by atoms with Crippen LogP contribution in [0, 0.1) is 5.41 Å². The van der Waals surface area contributed by atoms with Crippen molar-refractivity contribution in [1.29, 1.82) is 0 Å². The minimum atomic E-state index is -0.692. The van der Waals surface area contributed by atoms with E-state index in [0.717, 1.165) is 0 Å². The second kappa shape index (κ2) is 4.62. The van der Waals surface area contributed by atoms with Crippen molar-refractivity contribution in [2.24, 2.45) is 5.41 Å². The molecule has 2 bridgehead atoms. The molecule has 0 spiro atoms. The van der Waals surface area contributed by atoms with Gasteiger partial charge < -0.3 is 20.3 Å². The third-order valence-electron chi connectivity index (χ3n) is 4.50. The number of nitrogen functional groups attached to an aromatic ring is 1. The van der Waals surface area contributed by atoms with Crippen LogP contribution < -0.4 is 5.73 Å². The Labute approximate surface area is 133 Å². The summed E-state index contributed by atoms with van der Waals surface area (Å²) in [6, 6.07) is 0. The summed E-state index contributed by atoms with van der Waals surface area (Å²) in [4.78, 5) is 12.5. The van der Waals surface area contributed by atoms with E-state index in [9.17, 15) is 5.11 Å². The number of fused-ring (bicyclic) bond motifs is 3. The molecule has 2 aliphatic rings. The van der Waals surface area contributed by atoms with Gasteiger partial charge in [-0.1, -0.05) is 20.8 Å². The third-order valence-corrected chi connectivity index (χ3v) is 4.50. The van der Waals surface area contributed by atoms with Gasteiger partial charge in [0.15, 0.2) is 17.7 Å². The lowest BCUT2D eigenvalue weighted by molar-refractivity contribution is -0.182. The molecular formula is C15H21N5O3. The number of nitrogens with zero attached hydrogens (tertiary/aromatic N) is 4. The first-order chi connectivity index (χ1) is 10.8. The Morgan fingerprint density at radius 1 is 1.39 bits per heavy atom. The van der Waals surface area contributed by atoms with Crippen molar-refractivity contribution in [1.82, 2.24) is 19.5 Å². The summed E-state index contributed by atoms with van der Waals surface area (Å²) in [5, 5.41) is 10.7. The number of aliphatic hydroxyl groups is 1. The number of anilines is 1. The van der Waals surface area contributed by atoms with Crippen LogP contribution in [0.3, 0.4) is 0 Å². The zero-order chi connectivity index (χ0) is 16.4. The van der Waals surface area contributed by atoms with Crippen molar-refractivity contribution in [3.63, 3.8) is 0 Å². The quantitative estimate of drug-likeness (QED) is 0.845. The van der Waals surface area contributed by atoms with Gasteiger partial charge in [0, 0.05) is 0 Å². The van der Waals surface area contributed by atoms with Crippen LogP contribution in [0.1, 0.15) is 33.4 Å². The van der Waals surface area contributed by atoms with Gasteiger partial charge in [0.05, 0.1) is 12.9 Å². The monoisotopic (exact) mass is 319 g/mol. The predicted octanol–water partition coefficient (Wildman–Crippen LogP) is 0.872. The Hall–Kier alpha value is -1.77. The highest BCUT2D eigenvalue weighted by Crippen LogP contribution is 2.50. The molecule has 8 nitrogen and oxygen atoms in total. The maximum absolute atomic E-state index is 10.7. The lowest BCUT2D eigenvalue weighted by Gasteiger charge is -2.35. The van der Waals surface area contributed by atoms with Gasteiger partial charge in [-0.3, -0.25) is 4.57 Å². The SMILES string of the molecule is CC(C)(C)C[C@@]12COC([C@H](n3cnc4c(N)ncnc43)O1)[C@H]2O. The first-order valence-electron chi connectivity index (χ1n) is 7.71. The van der Waals surface area contributed by atoms with Crippen LogP contribution in [-0.2, 0) is 9.47 Å². The Kier molecular flexibility index (Phi) is 2.97. The average molecular weight is 319 g/mol. The zero-order valence-corrected chi connectivity index (χ0v) is 13.4. The summed E-state index contributed by atoms with van der Waals surface area (Å²) >= 11 is 0. The topological polar surface area (TPSA) is 108 Å². The van der Waals surface area contributed by atoms with Gasteiger partial charge in [0.25, 0.3) is 0 Å². The van der Waals surface area contributed by atoms with Crippen LogP contribution in [-0.4, -0.2) is 49.0 Å². The predicted molar refractivity (Wildman–Crippen MR) is 82.4 cm³/mol. The van der Waals surface area contributed by atoms with E-state index < -0.39 is 24.0 Å². The van der Waals surface area contributed by atoms with E-state index in [4.69, 9.17) is 15.2 Å². The van der Waals surface area contributed by atoms with Crippen LogP contribution >= 0.6 is 0 Å². The fraction of sp³-hybridized carbons (Fsp3) is 0.667. The summed E-state index contributed by atoms with van der Waals surface area (Å²) < 4.78 is 13.9. The van der Waals surface area contributed by atoms with Gasteiger partial charge in [-0.25, -0.2) is 15.0 Å². The van der Waals surface area contributed by atoms with Gasteiger partial charge in [0.2, 0.25) is 0 Å². The smallest absolute Gasteiger partial charge is 0.167 e. The number of rotatable bonds is 2. The molecule has 0 aromatic carbocycles. The maximum atomic E-state index is 10.7. The second-order valence-electron chi connectivity index (χ2n) is 7.61. The maximum Gasteiger partial charge on any atom is 0.167 e. The fourth-order valence-corrected chi connectivity index (χ4v) is 3.73. The van der Waals surface area contributed by atoms with Crippen molar-refractivity contribution < 1.29 is 14.6 Å². The highest BCUT2D eigenvalue weighted by molar-refractivity contribution is 5.81. The zero-order valence-electron chi connectivity index (χ0n) is 13.4. The van der Waals surface area contributed by atoms with Crippen molar-refractivity contribution >= 4 is 17.0 Å². The van der Waals surface area contributed by atoms with E-state index in [1.165, 1.54) is 6.33 Å². The number of aliphatic hydroxyl groups excluding tert-OH is 1. The van der Waals surface area contributed by atoms with Gasteiger partial charge >= 0.3 is 0 Å². The molecule has 1 unspecified atom stereocenters. The first-order valence-corrected chi connectivity index (χ1v) is 7.71. The van der Waals surface area contributed by atoms with E-state index in [2.05, 4.69) is 35.7 Å². The molecule has 0 saturated carbocycles. The van der Waals surface area contributed by atoms with Gasteiger partial charge in [0.1, 0.15) is 29.7 Å². The number of hydrogen-bond acceptors (Lipinski definition) is 7. The lowest BCUT2D eigenvalue weighted by Crippen LogP contribution is -2.43. The van der Waals surface area contributed by atoms with Crippen LogP contribution in [0.15, 0.2) is 12.7 Å². The molecule has 2 aromatic rings. The standard InChI is InChI=1S/C15H21N5O3/c1-14(2,3)4-15-5-22-9(10(15)21)13(23-15)20-7-19-8-11(16)17-6-18-12(8)20/h6-7,9-10,13,21H,4-5H2,1-3H3,(H2,16,17,18)/t9?,10-,13-,15+/m1/s1. The molecule has 0 amide bonds. The molecule has 124 valence electrons. The lowest BCUT2D eigenvalue weighted by atomic mass is 9.80. The van der Waals surface area contributed by atoms with Gasteiger partial charge in [-0.15, -0.1) is 0 Å². The highest BCUT2D eigenvalue weighted by Gasteiger charge is 2.62. The van der Waals surface area contributed by atoms with E-state index in [0.29, 0.717) is 30.0 Å². The van der Waals surface area contributed by atoms with Crippen LogP contribution in [0.5, 0.6) is 0 Å². The molecule has 4 heterocycles. The molecule has 3 N–H and O–H groups in total. The van der Waals surface area contributed by atoms with Crippen molar-refractivity contribution in [2.75, 3.05) is 12.3 Å². The molecule has 0 aliphatic carbocycles. The molecule has 23 heavy (non-hydrogen) atoms. The molecule has 2 aromatic heterocycles. The normalized spacial score (nSPS) is 33.7. The Morgan fingerprint density at radius 2 is 2.17 bits per heavy atom. The third kappa shape index (κ3) is 2.13. The molecule has 4 rings (SSSR count). The van der Waals surface area contributed by atoms with E-state index >= 15 is 0 Å². The Bertz CT molecular complexity index is 755. The summed E-state index contributed by atoms with van der Waals surface area (Å²) in [5.74, 6) is 0.322. The van der Waals surface area contributed by atoms with E-state index in [-0.39, 0.29) is 5.41 Å². The summed E-state index contributed by atoms with van der Waals surface area (Å²) in [7, 11) is 0. The summed E-state index contributed by atoms with van der Waals surface area (Å²) in [6.45, 7) is 6.77. The van der Waals surface area contributed by atoms with Crippen molar-refractivity contribution in [2.45, 2.75) is 51.2 Å². The largest absolute Gasteiger partial charge is 0.387 e. The highest BCUT2D eigenvalue weighted by atomic mass is 16.6. The molecule has 2 aliphatic heterocycles. The summed E-state index contributed by atoms with van der Waals surface area (Å²) in [6.07, 6.45) is 2.13. The number of ether oxygens (including phenoxy) is 2. The van der Waals surface area contributed by atoms with Crippen LogP contribution in [0.25, 0.3) is 11.2 Å². The molecule has 4 atom stereocenters. The van der Waals surface area contributed by atoms with Gasteiger partial charge in [-0.05, 0) is 11.8 Å². The molecule has 2 saturated heterocycles. The first kappa shape index (κ1) is 14.8. The Balaban J connectivity index is 1.73. The molecule has 2 fully saturated rings. The minimum absolute atomic E-state index is 0.0116. The van der Waals surface area contributed by atoms with Gasteiger partial charge in [-0.2, -0.15) is 0 Å². The van der Waals surface area contributed by atoms with Crippen molar-refractivity contribution in [3.8, 4) is 0 Å². The molecule has 8 heteroatoms. The molecular weight excluding hydrogens is 298 g/mol. The van der Waals surface area contributed by atoms with E-state index in [1.54, 1.807) is 10.9 Å². The number of nitrogens with two attached hydrogens (primary N) is 1. The summed E-state index contributed by atoms with van der Waals surface area (Å²) in [5.41, 5.74) is 6.26. The number of hydrogen-bond donors (Lipinski definition) is 2. The molecule has 0 radical (unpaired) electrons. The number of aromatic nitrogens is 4. The van der Waals surface area contributed by atoms with Crippen LogP contribution in [0.2, 0.25) is 0 Å². The van der Waals surface area contributed by atoms with Crippen molar-refractivity contribution in [3.05, 3.63) is 12.7 Å².